The van der Waals surface area contributed by atoms with Crippen LogP contribution in [0.3, 0.4) is 0 Å². The molecule has 0 aliphatic rings. The molecule has 0 aliphatic carbocycles. The smallest absolute Gasteiger partial charge is 0.336 e. The summed E-state index contributed by atoms with van der Waals surface area (Å²) in [5.74, 6) is 0. The minimum absolute atomic E-state index is 0.270. The van der Waals surface area contributed by atoms with Gasteiger partial charge in [0.25, 0.3) is 0 Å². The monoisotopic (exact) mass is 308 g/mol. The number of hydrogen-bond donors (Lipinski definition) is 1. The van der Waals surface area contributed by atoms with Crippen molar-refractivity contribution in [3.8, 4) is 0 Å². The van der Waals surface area contributed by atoms with E-state index >= 15 is 0 Å². The van der Waals surface area contributed by atoms with Gasteiger partial charge in [-0.1, -0.05) is 49.4 Å². The Hall–Kier alpha value is -2.39. The van der Waals surface area contributed by atoms with E-state index in [1.165, 1.54) is 16.0 Å². The second kappa shape index (κ2) is 6.80. The van der Waals surface area contributed by atoms with E-state index in [2.05, 4.69) is 50.4 Å². The average molecular weight is 308 g/mol. The molecule has 1 atom stereocenters. The highest BCUT2D eigenvalue weighted by Gasteiger charge is 2.11. The van der Waals surface area contributed by atoms with Crippen LogP contribution in [0.25, 0.3) is 11.0 Å². The Labute approximate surface area is 136 Å². The van der Waals surface area contributed by atoms with E-state index in [0.29, 0.717) is 5.58 Å². The molecule has 0 radical (unpaired) electrons. The highest BCUT2D eigenvalue weighted by molar-refractivity contribution is 5.80. The van der Waals surface area contributed by atoms with Gasteiger partial charge in [0.1, 0.15) is 18.7 Å². The van der Waals surface area contributed by atoms with Gasteiger partial charge in [0.2, 0.25) is 0 Å². The van der Waals surface area contributed by atoms with Crippen LogP contribution in [0.1, 0.15) is 23.6 Å². The first-order valence-corrected chi connectivity index (χ1v) is 8.06. The van der Waals surface area contributed by atoms with Crippen molar-refractivity contribution in [2.45, 2.75) is 26.4 Å². The highest BCUT2D eigenvalue weighted by Crippen LogP contribution is 2.18. The molecule has 3 nitrogen and oxygen atoms in total. The van der Waals surface area contributed by atoms with Crippen LogP contribution in [0.2, 0.25) is 0 Å². The van der Waals surface area contributed by atoms with Crippen molar-refractivity contribution in [1.29, 1.82) is 0 Å². The van der Waals surface area contributed by atoms with Crippen LogP contribution in [-0.4, -0.2) is 7.05 Å². The molecular formula is C20H22NO2+. The summed E-state index contributed by atoms with van der Waals surface area (Å²) in [7, 11) is 2.15. The summed E-state index contributed by atoms with van der Waals surface area (Å²) >= 11 is 0. The largest absolute Gasteiger partial charge is 0.423 e. The van der Waals surface area contributed by atoms with Crippen LogP contribution in [0.4, 0.5) is 0 Å². The van der Waals surface area contributed by atoms with Gasteiger partial charge in [-0.2, -0.15) is 0 Å². The van der Waals surface area contributed by atoms with Gasteiger partial charge in [0, 0.05) is 22.6 Å². The third-order valence-electron chi connectivity index (χ3n) is 4.14. The Morgan fingerprint density at radius 3 is 2.48 bits per heavy atom. The SMILES string of the molecule is CCc1ccc2c(C[NH+](C)Cc3ccccc3)cc(=O)oc2c1. The van der Waals surface area contributed by atoms with Crippen LogP contribution in [0.15, 0.2) is 63.8 Å². The maximum Gasteiger partial charge on any atom is 0.336 e. The number of benzene rings is 2. The van der Waals surface area contributed by atoms with Crippen molar-refractivity contribution in [2.24, 2.45) is 0 Å². The maximum atomic E-state index is 11.9. The summed E-state index contributed by atoms with van der Waals surface area (Å²) in [6, 6.07) is 18.2. The molecule has 2 aromatic carbocycles. The number of aryl methyl sites for hydroxylation is 1. The number of rotatable bonds is 5. The zero-order valence-electron chi connectivity index (χ0n) is 13.6. The second-order valence-corrected chi connectivity index (χ2v) is 6.07. The van der Waals surface area contributed by atoms with Gasteiger partial charge in [0.15, 0.2) is 0 Å². The van der Waals surface area contributed by atoms with Crippen molar-refractivity contribution >= 4 is 11.0 Å². The minimum Gasteiger partial charge on any atom is -0.423 e. The summed E-state index contributed by atoms with van der Waals surface area (Å²) in [5, 5.41) is 1.04. The van der Waals surface area contributed by atoms with Gasteiger partial charge in [-0.15, -0.1) is 0 Å². The first kappa shape index (κ1) is 15.5. The Balaban J connectivity index is 1.88. The maximum absolute atomic E-state index is 11.9. The van der Waals surface area contributed by atoms with E-state index in [4.69, 9.17) is 4.42 Å². The standard InChI is InChI=1S/C20H21NO2/c1-3-15-9-10-18-17(12-20(22)23-19(18)11-15)14-21(2)13-16-7-5-4-6-8-16/h4-12H,3,13-14H2,1-2H3/p+1. The lowest BCUT2D eigenvalue weighted by molar-refractivity contribution is -0.907. The Bertz CT molecular complexity index is 852. The number of quaternary nitrogens is 1. The molecule has 0 fully saturated rings. The van der Waals surface area contributed by atoms with Gasteiger partial charge in [-0.3, -0.25) is 0 Å². The molecule has 0 saturated carbocycles. The first-order chi connectivity index (χ1) is 11.2. The van der Waals surface area contributed by atoms with Gasteiger partial charge < -0.3 is 9.32 Å². The molecule has 3 rings (SSSR count). The Morgan fingerprint density at radius 1 is 0.957 bits per heavy atom. The highest BCUT2D eigenvalue weighted by atomic mass is 16.4. The van der Waals surface area contributed by atoms with E-state index in [-0.39, 0.29) is 5.63 Å². The normalized spacial score (nSPS) is 12.4. The van der Waals surface area contributed by atoms with E-state index < -0.39 is 0 Å². The first-order valence-electron chi connectivity index (χ1n) is 8.06. The third-order valence-corrected chi connectivity index (χ3v) is 4.14. The molecule has 1 unspecified atom stereocenters. The van der Waals surface area contributed by atoms with Crippen molar-refractivity contribution in [3.63, 3.8) is 0 Å². The predicted molar refractivity (Wildman–Crippen MR) is 92.6 cm³/mol. The zero-order chi connectivity index (χ0) is 16.2. The lowest BCUT2D eigenvalue weighted by atomic mass is 10.1. The van der Waals surface area contributed by atoms with Crippen LogP contribution in [-0.2, 0) is 19.5 Å². The van der Waals surface area contributed by atoms with E-state index in [1.807, 2.05) is 12.1 Å². The summed E-state index contributed by atoms with van der Waals surface area (Å²) in [4.78, 5) is 13.2. The van der Waals surface area contributed by atoms with Gasteiger partial charge >= 0.3 is 5.63 Å². The van der Waals surface area contributed by atoms with Crippen LogP contribution < -0.4 is 10.5 Å². The second-order valence-electron chi connectivity index (χ2n) is 6.07. The fourth-order valence-corrected chi connectivity index (χ4v) is 2.97. The summed E-state index contributed by atoms with van der Waals surface area (Å²) < 4.78 is 5.38. The molecule has 0 spiro atoms. The quantitative estimate of drug-likeness (QED) is 0.735. The van der Waals surface area contributed by atoms with Gasteiger partial charge in [-0.05, 0) is 18.1 Å². The third kappa shape index (κ3) is 3.69. The van der Waals surface area contributed by atoms with Crippen LogP contribution in [0.5, 0.6) is 0 Å². The lowest BCUT2D eigenvalue weighted by Gasteiger charge is -2.15. The Morgan fingerprint density at radius 2 is 1.74 bits per heavy atom. The van der Waals surface area contributed by atoms with Gasteiger partial charge in [0.05, 0.1) is 7.05 Å². The molecule has 118 valence electrons. The summed E-state index contributed by atoms with van der Waals surface area (Å²) in [6.07, 6.45) is 0.934. The van der Waals surface area contributed by atoms with Crippen LogP contribution >= 0.6 is 0 Å². The molecule has 1 N–H and O–H groups in total. The molecule has 1 heterocycles. The summed E-state index contributed by atoms with van der Waals surface area (Å²) in [6.45, 7) is 3.82. The van der Waals surface area contributed by atoms with E-state index in [0.717, 1.165) is 30.5 Å². The molecule has 3 heteroatoms. The van der Waals surface area contributed by atoms with Crippen molar-refractivity contribution in [3.05, 3.63) is 81.7 Å². The number of fused-ring (bicyclic) bond motifs is 1. The molecule has 0 saturated heterocycles. The number of nitrogens with one attached hydrogen (secondary N) is 1. The van der Waals surface area contributed by atoms with E-state index in [9.17, 15) is 4.79 Å². The fourth-order valence-electron chi connectivity index (χ4n) is 2.97. The molecule has 0 bridgehead atoms. The molecule has 1 aromatic heterocycles. The van der Waals surface area contributed by atoms with Crippen molar-refractivity contribution < 1.29 is 9.32 Å². The van der Waals surface area contributed by atoms with Crippen LogP contribution in [0, 0.1) is 0 Å². The topological polar surface area (TPSA) is 34.7 Å². The fraction of sp³-hybridized carbons (Fsp3) is 0.250. The van der Waals surface area contributed by atoms with Crippen molar-refractivity contribution in [1.82, 2.24) is 0 Å². The zero-order valence-corrected chi connectivity index (χ0v) is 13.6. The molecule has 0 amide bonds. The van der Waals surface area contributed by atoms with Gasteiger partial charge in [-0.25, -0.2) is 4.79 Å². The van der Waals surface area contributed by atoms with E-state index in [1.54, 1.807) is 6.07 Å². The van der Waals surface area contributed by atoms with Crippen molar-refractivity contribution in [2.75, 3.05) is 7.05 Å². The number of hydrogen-bond acceptors (Lipinski definition) is 2. The molecule has 23 heavy (non-hydrogen) atoms. The molecular weight excluding hydrogens is 286 g/mol. The summed E-state index contributed by atoms with van der Waals surface area (Å²) in [5.41, 5.74) is 3.95. The predicted octanol–water partition coefficient (Wildman–Crippen LogP) is 2.57. The Kier molecular flexibility index (Phi) is 4.58. The average Bonchev–Trinajstić information content (AvgIpc) is 2.54. The molecule has 3 aromatic rings. The molecule has 0 aliphatic heterocycles. The lowest BCUT2D eigenvalue weighted by Crippen LogP contribution is -3.06. The minimum atomic E-state index is -0.270.